The number of hydrogen-bond donors (Lipinski definition) is 1. The summed E-state index contributed by atoms with van der Waals surface area (Å²) in [7, 11) is 4.03. The standard InChI is InChI=1S/C19H23N3O/c1-4-21(2)19(23)13-8-15-14-6-5-7-16-18(14)12(10-20-16)9-17(15)22(3)11-13/h5-8,10,13,17,20H,4,9,11H2,1-3H3/t13-,17-/m1/s1. The highest BCUT2D eigenvalue weighted by atomic mass is 16.2. The van der Waals surface area contributed by atoms with E-state index >= 15 is 0 Å². The average molecular weight is 309 g/mol. The van der Waals surface area contributed by atoms with Crippen LogP contribution in [0.3, 0.4) is 0 Å². The molecule has 1 N–H and O–H groups in total. The number of carbonyl (C=O) groups is 1. The Hall–Kier alpha value is -2.07. The van der Waals surface area contributed by atoms with E-state index in [0.717, 1.165) is 19.5 Å². The van der Waals surface area contributed by atoms with Crippen LogP contribution in [0.4, 0.5) is 0 Å². The molecule has 0 radical (unpaired) electrons. The summed E-state index contributed by atoms with van der Waals surface area (Å²) in [5.41, 5.74) is 5.19. The van der Waals surface area contributed by atoms with E-state index in [9.17, 15) is 4.79 Å². The fourth-order valence-corrected chi connectivity index (χ4v) is 4.04. The number of aromatic nitrogens is 1. The van der Waals surface area contributed by atoms with Crippen LogP contribution in [0.2, 0.25) is 0 Å². The monoisotopic (exact) mass is 309 g/mol. The van der Waals surface area contributed by atoms with Crippen molar-refractivity contribution in [2.75, 3.05) is 27.2 Å². The van der Waals surface area contributed by atoms with E-state index in [1.807, 2.05) is 18.9 Å². The smallest absolute Gasteiger partial charge is 0.230 e. The van der Waals surface area contributed by atoms with Gasteiger partial charge in [-0.3, -0.25) is 9.69 Å². The molecule has 1 aromatic heterocycles. The van der Waals surface area contributed by atoms with Crippen LogP contribution in [0.1, 0.15) is 18.1 Å². The molecule has 2 aliphatic rings. The third-order valence-corrected chi connectivity index (χ3v) is 5.44. The molecular formula is C19H23N3O. The van der Waals surface area contributed by atoms with E-state index in [1.54, 1.807) is 0 Å². The number of nitrogens with one attached hydrogen (secondary N) is 1. The van der Waals surface area contributed by atoms with Crippen molar-refractivity contribution in [3.05, 3.63) is 41.6 Å². The molecule has 1 aromatic carbocycles. The molecule has 0 saturated heterocycles. The van der Waals surface area contributed by atoms with Crippen LogP contribution in [0.25, 0.3) is 16.5 Å². The van der Waals surface area contributed by atoms with E-state index in [-0.39, 0.29) is 11.8 Å². The normalized spacial score (nSPS) is 23.5. The van der Waals surface area contributed by atoms with Crippen LogP contribution in [-0.2, 0) is 11.2 Å². The van der Waals surface area contributed by atoms with E-state index in [1.165, 1.54) is 27.6 Å². The van der Waals surface area contributed by atoms with Crippen LogP contribution in [0.15, 0.2) is 30.5 Å². The Morgan fingerprint density at radius 1 is 1.43 bits per heavy atom. The molecule has 0 fully saturated rings. The fraction of sp³-hybridized carbons (Fsp3) is 0.421. The summed E-state index contributed by atoms with van der Waals surface area (Å²) in [5, 5.41) is 1.33. The van der Waals surface area contributed by atoms with Gasteiger partial charge >= 0.3 is 0 Å². The van der Waals surface area contributed by atoms with E-state index < -0.39 is 0 Å². The Kier molecular flexibility index (Phi) is 3.31. The highest BCUT2D eigenvalue weighted by molar-refractivity contribution is 5.99. The van der Waals surface area contributed by atoms with Crippen molar-refractivity contribution in [3.8, 4) is 0 Å². The van der Waals surface area contributed by atoms with Gasteiger partial charge in [-0.05, 0) is 43.2 Å². The number of nitrogens with zero attached hydrogens (tertiary/aromatic N) is 2. The first-order chi connectivity index (χ1) is 11.1. The maximum Gasteiger partial charge on any atom is 0.230 e. The van der Waals surface area contributed by atoms with Crippen LogP contribution in [0, 0.1) is 5.92 Å². The first-order valence-electron chi connectivity index (χ1n) is 8.36. The first kappa shape index (κ1) is 14.5. The maximum atomic E-state index is 12.6. The third kappa shape index (κ3) is 2.12. The number of hydrogen-bond acceptors (Lipinski definition) is 2. The zero-order valence-corrected chi connectivity index (χ0v) is 14.0. The predicted molar refractivity (Wildman–Crippen MR) is 93.2 cm³/mol. The lowest BCUT2D eigenvalue weighted by Gasteiger charge is -2.40. The Morgan fingerprint density at radius 3 is 3.04 bits per heavy atom. The van der Waals surface area contributed by atoms with Crippen molar-refractivity contribution in [1.29, 1.82) is 0 Å². The second kappa shape index (κ2) is 5.24. The highest BCUT2D eigenvalue weighted by Crippen LogP contribution is 2.40. The molecule has 4 nitrogen and oxygen atoms in total. The lowest BCUT2D eigenvalue weighted by Crippen LogP contribution is -2.46. The second-order valence-electron chi connectivity index (χ2n) is 6.78. The highest BCUT2D eigenvalue weighted by Gasteiger charge is 2.36. The largest absolute Gasteiger partial charge is 0.361 e. The van der Waals surface area contributed by atoms with Gasteiger partial charge in [-0.15, -0.1) is 0 Å². The summed E-state index contributed by atoms with van der Waals surface area (Å²) in [6.07, 6.45) is 5.38. The van der Waals surface area contributed by atoms with Crippen molar-refractivity contribution in [3.63, 3.8) is 0 Å². The molecule has 1 amide bonds. The van der Waals surface area contributed by atoms with Crippen LogP contribution < -0.4 is 0 Å². The van der Waals surface area contributed by atoms with Crippen LogP contribution in [0.5, 0.6) is 0 Å². The Morgan fingerprint density at radius 2 is 2.26 bits per heavy atom. The van der Waals surface area contributed by atoms with E-state index in [0.29, 0.717) is 6.04 Å². The first-order valence-corrected chi connectivity index (χ1v) is 8.36. The summed E-state index contributed by atoms with van der Waals surface area (Å²) in [6.45, 7) is 3.57. The lowest BCUT2D eigenvalue weighted by molar-refractivity contribution is -0.133. The SMILES string of the molecule is CCN(C)C(=O)[C@@H]1C=C2c3cccc4[nH]cc(c34)C[C@H]2N(C)C1. The molecule has 0 saturated carbocycles. The van der Waals surface area contributed by atoms with Crippen molar-refractivity contribution >= 4 is 22.4 Å². The summed E-state index contributed by atoms with van der Waals surface area (Å²) >= 11 is 0. The number of likely N-dealkylation sites (N-methyl/N-ethyl adjacent to an activating group) is 1. The van der Waals surface area contributed by atoms with E-state index in [4.69, 9.17) is 0 Å². The maximum absolute atomic E-state index is 12.6. The number of fused-ring (bicyclic) bond motifs is 2. The molecule has 4 rings (SSSR count). The number of aromatic amines is 1. The molecule has 2 aromatic rings. The minimum Gasteiger partial charge on any atom is -0.361 e. The minimum absolute atomic E-state index is 0.0491. The molecule has 23 heavy (non-hydrogen) atoms. The number of H-pyrrole nitrogens is 1. The van der Waals surface area contributed by atoms with Gasteiger partial charge in [-0.2, -0.15) is 0 Å². The van der Waals surface area contributed by atoms with Crippen LogP contribution in [-0.4, -0.2) is 53.9 Å². The molecule has 4 heteroatoms. The number of benzene rings is 1. The lowest BCUT2D eigenvalue weighted by atomic mass is 9.79. The molecule has 0 unspecified atom stereocenters. The molecule has 0 bridgehead atoms. The van der Waals surface area contributed by atoms with Gasteiger partial charge in [0.15, 0.2) is 0 Å². The van der Waals surface area contributed by atoms with Gasteiger partial charge in [0.25, 0.3) is 0 Å². The third-order valence-electron chi connectivity index (χ3n) is 5.44. The quantitative estimate of drug-likeness (QED) is 0.926. The van der Waals surface area contributed by atoms with Gasteiger partial charge in [-0.1, -0.05) is 18.2 Å². The topological polar surface area (TPSA) is 39.3 Å². The Bertz CT molecular complexity index is 804. The molecule has 2 heterocycles. The molecular weight excluding hydrogens is 286 g/mol. The van der Waals surface area contributed by atoms with Crippen molar-refractivity contribution < 1.29 is 4.79 Å². The predicted octanol–water partition coefficient (Wildman–Crippen LogP) is 2.52. The molecule has 120 valence electrons. The summed E-state index contributed by atoms with van der Waals surface area (Å²) < 4.78 is 0. The second-order valence-corrected chi connectivity index (χ2v) is 6.78. The summed E-state index contributed by atoms with van der Waals surface area (Å²) in [6, 6.07) is 6.80. The van der Waals surface area contributed by atoms with Gasteiger partial charge in [-0.25, -0.2) is 0 Å². The van der Waals surface area contributed by atoms with E-state index in [2.05, 4.69) is 47.4 Å². The molecule has 2 atom stereocenters. The number of amides is 1. The zero-order valence-electron chi connectivity index (χ0n) is 14.0. The Labute approximate surface area is 136 Å². The Balaban J connectivity index is 1.83. The van der Waals surface area contributed by atoms with Gasteiger partial charge in [0.05, 0.1) is 5.92 Å². The summed E-state index contributed by atoms with van der Waals surface area (Å²) in [5.74, 6) is 0.171. The number of carbonyl (C=O) groups excluding carboxylic acids is 1. The fourth-order valence-electron chi connectivity index (χ4n) is 4.04. The van der Waals surface area contributed by atoms with Gasteiger partial charge in [0.1, 0.15) is 0 Å². The van der Waals surface area contributed by atoms with Gasteiger partial charge in [0, 0.05) is 43.3 Å². The van der Waals surface area contributed by atoms with Crippen molar-refractivity contribution in [2.45, 2.75) is 19.4 Å². The van der Waals surface area contributed by atoms with Crippen molar-refractivity contribution in [2.24, 2.45) is 5.92 Å². The minimum atomic E-state index is -0.0491. The molecule has 0 spiro atoms. The van der Waals surface area contributed by atoms with Crippen molar-refractivity contribution in [1.82, 2.24) is 14.8 Å². The van der Waals surface area contributed by atoms with Crippen LogP contribution >= 0.6 is 0 Å². The van der Waals surface area contributed by atoms with Gasteiger partial charge < -0.3 is 9.88 Å². The van der Waals surface area contributed by atoms with Gasteiger partial charge in [0.2, 0.25) is 5.91 Å². The number of rotatable bonds is 2. The molecule has 1 aliphatic heterocycles. The summed E-state index contributed by atoms with van der Waals surface area (Å²) in [4.78, 5) is 20.2. The molecule has 1 aliphatic carbocycles. The zero-order chi connectivity index (χ0) is 16.1. The average Bonchev–Trinajstić information content (AvgIpc) is 2.99.